The predicted molar refractivity (Wildman–Crippen MR) is 75.1 cm³/mol. The van der Waals surface area contributed by atoms with Crippen LogP contribution in [0, 0.1) is 11.8 Å². The Morgan fingerprint density at radius 1 is 1.21 bits per heavy atom. The zero-order chi connectivity index (χ0) is 17.5. The van der Waals surface area contributed by atoms with E-state index in [4.69, 9.17) is 15.2 Å². The number of primary amides is 1. The minimum atomic E-state index is -4.58. The lowest BCUT2D eigenvalue weighted by atomic mass is 9.95. The number of fused-ring (bicyclic) bond motifs is 1. The molecule has 0 bridgehead atoms. The summed E-state index contributed by atoms with van der Waals surface area (Å²) in [5.41, 5.74) is 5.65. The van der Waals surface area contributed by atoms with Gasteiger partial charge in [0.25, 0.3) is 0 Å². The van der Waals surface area contributed by atoms with Crippen LogP contribution in [0.5, 0.6) is 11.5 Å². The fraction of sp³-hybridized carbons (Fsp3) is 0.467. The molecule has 0 aliphatic carbocycles. The van der Waals surface area contributed by atoms with Gasteiger partial charge in [0.1, 0.15) is 0 Å². The Hall–Kier alpha value is -2.45. The van der Waals surface area contributed by atoms with Crippen molar-refractivity contribution < 1.29 is 32.2 Å². The van der Waals surface area contributed by atoms with Crippen LogP contribution < -0.4 is 15.2 Å². The van der Waals surface area contributed by atoms with E-state index in [0.717, 1.165) is 4.90 Å². The van der Waals surface area contributed by atoms with Crippen molar-refractivity contribution in [3.8, 4) is 11.5 Å². The molecule has 1 fully saturated rings. The molecule has 0 unspecified atom stereocenters. The highest BCUT2D eigenvalue weighted by Crippen LogP contribution is 2.38. The van der Waals surface area contributed by atoms with E-state index in [2.05, 4.69) is 0 Å². The highest BCUT2D eigenvalue weighted by atomic mass is 19.4. The Morgan fingerprint density at radius 3 is 2.54 bits per heavy atom. The molecule has 130 valence electrons. The number of likely N-dealkylation sites (tertiary alicyclic amines) is 1. The molecule has 0 aromatic heterocycles. The first-order chi connectivity index (χ1) is 11.3. The molecule has 0 saturated carbocycles. The Bertz CT molecular complexity index is 677. The fourth-order valence-corrected chi connectivity index (χ4v) is 2.96. The zero-order valence-electron chi connectivity index (χ0n) is 12.5. The molecule has 2 aliphatic heterocycles. The third kappa shape index (κ3) is 3.10. The molecule has 2 aliphatic rings. The van der Waals surface area contributed by atoms with Crippen molar-refractivity contribution in [1.29, 1.82) is 0 Å². The second-order valence-corrected chi connectivity index (χ2v) is 5.82. The van der Waals surface area contributed by atoms with E-state index in [-0.39, 0.29) is 19.8 Å². The average molecular weight is 344 g/mol. The van der Waals surface area contributed by atoms with Crippen LogP contribution in [0.2, 0.25) is 0 Å². The normalized spacial score (nSPS) is 22.7. The van der Waals surface area contributed by atoms with E-state index in [1.165, 1.54) is 0 Å². The smallest absolute Gasteiger partial charge is 0.394 e. The van der Waals surface area contributed by atoms with Crippen molar-refractivity contribution in [2.24, 2.45) is 17.6 Å². The molecule has 2 N–H and O–H groups in total. The molecule has 1 aromatic rings. The van der Waals surface area contributed by atoms with Crippen LogP contribution in [-0.2, 0) is 16.0 Å². The number of benzene rings is 1. The van der Waals surface area contributed by atoms with Gasteiger partial charge in [0.05, 0.1) is 18.3 Å². The molecule has 6 nitrogen and oxygen atoms in total. The lowest BCUT2D eigenvalue weighted by Crippen LogP contribution is -2.37. The van der Waals surface area contributed by atoms with E-state index < -0.39 is 36.4 Å². The van der Waals surface area contributed by atoms with Gasteiger partial charge in [0, 0.05) is 13.1 Å². The molecule has 2 atom stereocenters. The summed E-state index contributed by atoms with van der Waals surface area (Å²) in [6.07, 6.45) is -4.67. The maximum atomic E-state index is 13.0. The molecule has 0 radical (unpaired) electrons. The monoisotopic (exact) mass is 344 g/mol. The molecule has 1 aromatic carbocycles. The number of carbonyl (C=O) groups is 2. The van der Waals surface area contributed by atoms with Crippen LogP contribution in [0.4, 0.5) is 13.2 Å². The first-order valence-corrected chi connectivity index (χ1v) is 7.28. The van der Waals surface area contributed by atoms with Gasteiger partial charge >= 0.3 is 6.18 Å². The summed E-state index contributed by atoms with van der Waals surface area (Å²) >= 11 is 0. The molecule has 24 heavy (non-hydrogen) atoms. The van der Waals surface area contributed by atoms with Crippen LogP contribution in [0.25, 0.3) is 0 Å². The van der Waals surface area contributed by atoms with E-state index in [9.17, 15) is 22.8 Å². The van der Waals surface area contributed by atoms with Gasteiger partial charge in [0.15, 0.2) is 11.5 Å². The van der Waals surface area contributed by atoms with Crippen molar-refractivity contribution in [1.82, 2.24) is 4.90 Å². The second-order valence-electron chi connectivity index (χ2n) is 5.82. The number of nitrogens with two attached hydrogens (primary N) is 1. The highest BCUT2D eigenvalue weighted by Gasteiger charge is 2.52. The molecule has 0 spiro atoms. The van der Waals surface area contributed by atoms with Crippen LogP contribution in [-0.4, -0.2) is 42.8 Å². The number of alkyl halides is 3. The Morgan fingerprint density at radius 2 is 1.92 bits per heavy atom. The van der Waals surface area contributed by atoms with Crippen LogP contribution >= 0.6 is 0 Å². The summed E-state index contributed by atoms with van der Waals surface area (Å²) in [4.78, 5) is 24.6. The van der Waals surface area contributed by atoms with Gasteiger partial charge in [-0.1, -0.05) is 6.07 Å². The van der Waals surface area contributed by atoms with Gasteiger partial charge in [-0.3, -0.25) is 9.59 Å². The first-order valence-electron chi connectivity index (χ1n) is 7.28. The highest BCUT2D eigenvalue weighted by molar-refractivity contribution is 5.82. The molecular weight excluding hydrogens is 329 g/mol. The van der Waals surface area contributed by atoms with Crippen molar-refractivity contribution in [2.45, 2.75) is 12.6 Å². The topological polar surface area (TPSA) is 81.9 Å². The number of amides is 2. The lowest BCUT2D eigenvalue weighted by molar-refractivity contribution is -0.182. The summed E-state index contributed by atoms with van der Waals surface area (Å²) in [5, 5.41) is 0. The van der Waals surface area contributed by atoms with E-state index in [1.54, 1.807) is 18.2 Å². The van der Waals surface area contributed by atoms with Gasteiger partial charge in [-0.15, -0.1) is 0 Å². The number of rotatable bonds is 3. The Labute approximate surface area is 135 Å². The Balaban J connectivity index is 1.70. The zero-order valence-corrected chi connectivity index (χ0v) is 12.5. The van der Waals surface area contributed by atoms with Crippen molar-refractivity contribution in [3.05, 3.63) is 23.8 Å². The number of ether oxygens (including phenoxy) is 2. The molecule has 3 rings (SSSR count). The SMILES string of the molecule is NC(=O)[C@@H]1CN(C(=O)Cc2ccc3c(c2)OCO3)C[C@H]1C(F)(F)F. The molecule has 2 amide bonds. The number of nitrogens with zero attached hydrogens (tertiary/aromatic N) is 1. The fourth-order valence-electron chi connectivity index (χ4n) is 2.96. The minimum Gasteiger partial charge on any atom is -0.454 e. The number of hydrogen-bond donors (Lipinski definition) is 1. The minimum absolute atomic E-state index is 0.0897. The predicted octanol–water partition coefficient (Wildman–Crippen LogP) is 1.08. The standard InChI is InChI=1S/C15H15F3N2O4/c16-15(17,18)10-6-20(5-9(10)14(19)22)13(21)4-8-1-2-11-12(3-8)24-7-23-11/h1-3,9-10H,4-7H2,(H2,19,22)/t9-,10-/m1/s1. The van der Waals surface area contributed by atoms with E-state index in [0.29, 0.717) is 17.1 Å². The molecule has 1 saturated heterocycles. The quantitative estimate of drug-likeness (QED) is 0.890. The van der Waals surface area contributed by atoms with Gasteiger partial charge in [-0.05, 0) is 17.7 Å². The van der Waals surface area contributed by atoms with Crippen LogP contribution in [0.15, 0.2) is 18.2 Å². The third-order valence-corrected chi connectivity index (χ3v) is 4.25. The number of carbonyl (C=O) groups excluding carboxylic acids is 2. The first kappa shape index (κ1) is 16.4. The number of halogens is 3. The van der Waals surface area contributed by atoms with Crippen LogP contribution in [0.3, 0.4) is 0 Å². The summed E-state index contributed by atoms with van der Waals surface area (Å²) in [6.45, 7) is -0.782. The van der Waals surface area contributed by atoms with Gasteiger partial charge < -0.3 is 20.1 Å². The van der Waals surface area contributed by atoms with Crippen LogP contribution in [0.1, 0.15) is 5.56 Å². The summed E-state index contributed by atoms with van der Waals surface area (Å²) in [6, 6.07) is 4.90. The lowest BCUT2D eigenvalue weighted by Gasteiger charge is -2.18. The summed E-state index contributed by atoms with van der Waals surface area (Å²) in [5.74, 6) is -3.83. The molecule has 2 heterocycles. The van der Waals surface area contributed by atoms with Gasteiger partial charge in [0.2, 0.25) is 18.6 Å². The average Bonchev–Trinajstić information content (AvgIpc) is 3.13. The Kier molecular flexibility index (Phi) is 4.02. The van der Waals surface area contributed by atoms with Gasteiger partial charge in [-0.25, -0.2) is 0 Å². The third-order valence-electron chi connectivity index (χ3n) is 4.25. The summed E-state index contributed by atoms with van der Waals surface area (Å²) < 4.78 is 49.4. The number of hydrogen-bond acceptors (Lipinski definition) is 4. The maximum Gasteiger partial charge on any atom is 0.394 e. The van der Waals surface area contributed by atoms with Gasteiger partial charge in [-0.2, -0.15) is 13.2 Å². The van der Waals surface area contributed by atoms with Crippen molar-refractivity contribution >= 4 is 11.8 Å². The molecular formula is C15H15F3N2O4. The largest absolute Gasteiger partial charge is 0.454 e. The van der Waals surface area contributed by atoms with Crippen molar-refractivity contribution in [2.75, 3.05) is 19.9 Å². The summed E-state index contributed by atoms with van der Waals surface area (Å²) in [7, 11) is 0. The molecule has 9 heteroatoms. The van der Waals surface area contributed by atoms with E-state index >= 15 is 0 Å². The second kappa shape index (κ2) is 5.88. The maximum absolute atomic E-state index is 13.0. The van der Waals surface area contributed by atoms with Crippen molar-refractivity contribution in [3.63, 3.8) is 0 Å². The van der Waals surface area contributed by atoms with E-state index in [1.807, 2.05) is 0 Å².